The molecule has 1 saturated heterocycles. The third-order valence-corrected chi connectivity index (χ3v) is 3.90. The summed E-state index contributed by atoms with van der Waals surface area (Å²) in [6.07, 6.45) is 3.19. The number of likely N-dealkylation sites (tertiary alicyclic amines) is 1. The molecule has 22 heavy (non-hydrogen) atoms. The van der Waals surface area contributed by atoms with Gasteiger partial charge >= 0.3 is 6.03 Å². The van der Waals surface area contributed by atoms with Gasteiger partial charge < -0.3 is 19.7 Å². The normalized spacial score (nSPS) is 18.1. The van der Waals surface area contributed by atoms with Crippen molar-refractivity contribution in [2.45, 2.75) is 39.2 Å². The average Bonchev–Trinajstić information content (AvgIpc) is 2.55. The Balaban J connectivity index is 1.93. The molecule has 1 aliphatic rings. The lowest BCUT2D eigenvalue weighted by Gasteiger charge is -2.32. The van der Waals surface area contributed by atoms with Crippen molar-refractivity contribution in [3.8, 4) is 5.75 Å². The number of nitrogens with zero attached hydrogens (tertiary/aromatic N) is 1. The Bertz CT molecular complexity index is 505. The van der Waals surface area contributed by atoms with Crippen LogP contribution >= 0.6 is 0 Å². The van der Waals surface area contributed by atoms with Gasteiger partial charge in [0.05, 0.1) is 13.2 Å². The van der Waals surface area contributed by atoms with Crippen LogP contribution in [0, 0.1) is 6.92 Å². The molecule has 0 bridgehead atoms. The number of rotatable bonds is 5. The minimum absolute atomic E-state index is 0.0573. The molecule has 1 N–H and O–H groups in total. The first kappa shape index (κ1) is 16.6. The van der Waals surface area contributed by atoms with Crippen molar-refractivity contribution in [2.24, 2.45) is 0 Å². The standard InChI is InChI=1S/C17H26N2O3/c1-4-10-22-15-6-5-9-19(12-15)17(20)18-16-8-7-14(21-3)11-13(16)2/h7-8,11,15H,4-6,9-10,12H2,1-3H3,(H,18,20)/t15-/m1/s1. The van der Waals surface area contributed by atoms with Crippen LogP contribution in [0.2, 0.25) is 0 Å². The summed E-state index contributed by atoms with van der Waals surface area (Å²) in [5.41, 5.74) is 1.81. The number of carbonyl (C=O) groups is 1. The van der Waals surface area contributed by atoms with Crippen LogP contribution in [0.4, 0.5) is 10.5 Å². The van der Waals surface area contributed by atoms with Crippen LogP contribution < -0.4 is 10.1 Å². The summed E-state index contributed by atoms with van der Waals surface area (Å²) in [4.78, 5) is 14.3. The van der Waals surface area contributed by atoms with E-state index >= 15 is 0 Å². The highest BCUT2D eigenvalue weighted by Gasteiger charge is 2.24. The highest BCUT2D eigenvalue weighted by atomic mass is 16.5. The van der Waals surface area contributed by atoms with Crippen LogP contribution in [0.25, 0.3) is 0 Å². The van der Waals surface area contributed by atoms with E-state index in [1.807, 2.05) is 30.0 Å². The highest BCUT2D eigenvalue weighted by Crippen LogP contribution is 2.22. The summed E-state index contributed by atoms with van der Waals surface area (Å²) in [6.45, 7) is 6.27. The highest BCUT2D eigenvalue weighted by molar-refractivity contribution is 5.90. The number of hydrogen-bond donors (Lipinski definition) is 1. The molecule has 1 heterocycles. The van der Waals surface area contributed by atoms with E-state index in [0.29, 0.717) is 6.54 Å². The Morgan fingerprint density at radius 1 is 1.45 bits per heavy atom. The topological polar surface area (TPSA) is 50.8 Å². The van der Waals surface area contributed by atoms with Crippen molar-refractivity contribution in [1.82, 2.24) is 4.90 Å². The van der Waals surface area contributed by atoms with E-state index in [1.54, 1.807) is 7.11 Å². The maximum atomic E-state index is 12.4. The SMILES string of the molecule is CCCO[C@@H]1CCCN(C(=O)Nc2ccc(OC)cc2C)C1. The molecule has 5 nitrogen and oxygen atoms in total. The maximum absolute atomic E-state index is 12.4. The number of nitrogens with one attached hydrogen (secondary N) is 1. The molecule has 0 aromatic heterocycles. The van der Waals surface area contributed by atoms with E-state index in [9.17, 15) is 4.79 Å². The summed E-state index contributed by atoms with van der Waals surface area (Å²) in [7, 11) is 1.64. The van der Waals surface area contributed by atoms with Crippen LogP contribution in [-0.4, -0.2) is 43.8 Å². The van der Waals surface area contributed by atoms with Crippen LogP contribution in [0.1, 0.15) is 31.7 Å². The smallest absolute Gasteiger partial charge is 0.321 e. The number of benzene rings is 1. The molecule has 0 spiro atoms. The number of urea groups is 1. The molecule has 0 unspecified atom stereocenters. The molecule has 2 amide bonds. The van der Waals surface area contributed by atoms with Crippen molar-refractivity contribution >= 4 is 11.7 Å². The number of amides is 2. The van der Waals surface area contributed by atoms with Crippen molar-refractivity contribution in [3.63, 3.8) is 0 Å². The monoisotopic (exact) mass is 306 g/mol. The predicted molar refractivity (Wildman–Crippen MR) is 87.6 cm³/mol. The fraction of sp³-hybridized carbons (Fsp3) is 0.588. The zero-order chi connectivity index (χ0) is 15.9. The zero-order valence-corrected chi connectivity index (χ0v) is 13.7. The Kier molecular flexibility index (Phi) is 6.07. The molecule has 1 atom stereocenters. The first-order valence-corrected chi connectivity index (χ1v) is 7.96. The second-order valence-corrected chi connectivity index (χ2v) is 5.69. The molecule has 1 aromatic rings. The van der Waals surface area contributed by atoms with Crippen LogP contribution in [-0.2, 0) is 4.74 Å². The van der Waals surface area contributed by atoms with Crippen molar-refractivity contribution in [2.75, 3.05) is 32.1 Å². The molecular weight excluding hydrogens is 280 g/mol. The maximum Gasteiger partial charge on any atom is 0.321 e. The minimum atomic E-state index is -0.0573. The Hall–Kier alpha value is -1.75. The molecule has 1 fully saturated rings. The minimum Gasteiger partial charge on any atom is -0.497 e. The van der Waals surface area contributed by atoms with Gasteiger partial charge in [-0.25, -0.2) is 4.79 Å². The van der Waals surface area contributed by atoms with Crippen LogP contribution in [0.5, 0.6) is 5.75 Å². The fourth-order valence-corrected chi connectivity index (χ4v) is 2.64. The van der Waals surface area contributed by atoms with Gasteiger partial charge in [0, 0.05) is 25.4 Å². The average molecular weight is 306 g/mol. The number of ether oxygens (including phenoxy) is 2. The molecule has 0 aliphatic carbocycles. The Labute approximate surface area is 132 Å². The van der Waals surface area contributed by atoms with E-state index in [-0.39, 0.29) is 12.1 Å². The predicted octanol–water partition coefficient (Wildman–Crippen LogP) is 3.43. The summed E-state index contributed by atoms with van der Waals surface area (Å²) in [5.74, 6) is 0.793. The van der Waals surface area contributed by atoms with Crippen molar-refractivity contribution in [1.29, 1.82) is 0 Å². The van der Waals surface area contributed by atoms with Gasteiger partial charge in [0.25, 0.3) is 0 Å². The molecule has 122 valence electrons. The van der Waals surface area contributed by atoms with E-state index in [1.165, 1.54) is 0 Å². The molecule has 0 saturated carbocycles. The van der Waals surface area contributed by atoms with E-state index in [4.69, 9.17) is 9.47 Å². The van der Waals surface area contributed by atoms with Gasteiger partial charge in [0.2, 0.25) is 0 Å². The lowest BCUT2D eigenvalue weighted by atomic mass is 10.1. The summed E-state index contributed by atoms with van der Waals surface area (Å²) in [6, 6.07) is 5.59. The molecular formula is C17H26N2O3. The van der Waals surface area contributed by atoms with Gasteiger partial charge in [-0.3, -0.25) is 0 Å². The summed E-state index contributed by atoms with van der Waals surface area (Å²) < 4.78 is 11.0. The largest absolute Gasteiger partial charge is 0.497 e. The summed E-state index contributed by atoms with van der Waals surface area (Å²) >= 11 is 0. The fourth-order valence-electron chi connectivity index (χ4n) is 2.64. The molecule has 1 aliphatic heterocycles. The Morgan fingerprint density at radius 2 is 2.27 bits per heavy atom. The number of methoxy groups -OCH3 is 1. The van der Waals surface area contributed by atoms with E-state index in [0.717, 1.165) is 49.4 Å². The second-order valence-electron chi connectivity index (χ2n) is 5.69. The molecule has 0 radical (unpaired) electrons. The van der Waals surface area contributed by atoms with Gasteiger partial charge in [-0.2, -0.15) is 0 Å². The van der Waals surface area contributed by atoms with Crippen molar-refractivity contribution < 1.29 is 14.3 Å². The lowest BCUT2D eigenvalue weighted by Crippen LogP contribution is -2.45. The Morgan fingerprint density at radius 3 is 2.95 bits per heavy atom. The first-order chi connectivity index (χ1) is 10.6. The van der Waals surface area contributed by atoms with Crippen LogP contribution in [0.3, 0.4) is 0 Å². The number of aryl methyl sites for hydroxylation is 1. The second kappa shape index (κ2) is 8.03. The zero-order valence-electron chi connectivity index (χ0n) is 13.7. The van der Waals surface area contributed by atoms with Gasteiger partial charge in [0.1, 0.15) is 5.75 Å². The third kappa shape index (κ3) is 4.37. The van der Waals surface area contributed by atoms with Crippen LogP contribution in [0.15, 0.2) is 18.2 Å². The van der Waals surface area contributed by atoms with E-state index < -0.39 is 0 Å². The number of piperidine rings is 1. The molecule has 5 heteroatoms. The molecule has 2 rings (SSSR count). The van der Waals surface area contributed by atoms with Crippen molar-refractivity contribution in [3.05, 3.63) is 23.8 Å². The number of anilines is 1. The van der Waals surface area contributed by atoms with E-state index in [2.05, 4.69) is 12.2 Å². The lowest BCUT2D eigenvalue weighted by molar-refractivity contribution is 0.0115. The van der Waals surface area contributed by atoms with Gasteiger partial charge in [-0.1, -0.05) is 6.92 Å². The van der Waals surface area contributed by atoms with Gasteiger partial charge in [0.15, 0.2) is 0 Å². The quantitative estimate of drug-likeness (QED) is 0.906. The number of hydrogen-bond acceptors (Lipinski definition) is 3. The molecule has 1 aromatic carbocycles. The first-order valence-electron chi connectivity index (χ1n) is 7.96. The van der Waals surface area contributed by atoms with Gasteiger partial charge in [-0.05, 0) is 49.9 Å². The number of carbonyl (C=O) groups excluding carboxylic acids is 1. The third-order valence-electron chi connectivity index (χ3n) is 3.90. The summed E-state index contributed by atoms with van der Waals surface area (Å²) in [5, 5.41) is 2.98. The van der Waals surface area contributed by atoms with Gasteiger partial charge in [-0.15, -0.1) is 0 Å².